The zero-order chi connectivity index (χ0) is 18.4. The van der Waals surface area contributed by atoms with Crippen LogP contribution in [-0.2, 0) is 0 Å². The van der Waals surface area contributed by atoms with Crippen LogP contribution in [0.5, 0.6) is 0 Å². The van der Waals surface area contributed by atoms with Gasteiger partial charge in [0.05, 0.1) is 18.3 Å². The van der Waals surface area contributed by atoms with E-state index in [4.69, 9.17) is 4.42 Å². The van der Waals surface area contributed by atoms with Crippen molar-refractivity contribution in [2.45, 2.75) is 24.9 Å². The Balaban J connectivity index is 1.52. The van der Waals surface area contributed by atoms with Gasteiger partial charge in [-0.15, -0.1) is 11.3 Å². The molecule has 0 radical (unpaired) electrons. The number of furan rings is 1. The number of hydrogen-bond acceptors (Lipinski definition) is 5. The zero-order valence-electron chi connectivity index (χ0n) is 15.5. The van der Waals surface area contributed by atoms with Crippen LogP contribution in [0.4, 0.5) is 4.79 Å². The van der Waals surface area contributed by atoms with Crippen LogP contribution in [0.3, 0.4) is 0 Å². The Morgan fingerprint density at radius 2 is 2.00 bits per heavy atom. The average molecular weight is 377 g/mol. The Morgan fingerprint density at radius 1 is 1.23 bits per heavy atom. The SMILES string of the molecule is CN(C)C(CNC(=O)NCC(c1ccco1)N1CCCC1)c1cccs1. The van der Waals surface area contributed by atoms with Crippen LogP contribution >= 0.6 is 11.3 Å². The Kier molecular flexibility index (Phi) is 6.71. The van der Waals surface area contributed by atoms with Gasteiger partial charge in [-0.25, -0.2) is 4.79 Å². The van der Waals surface area contributed by atoms with E-state index in [0.717, 1.165) is 18.8 Å². The molecule has 0 aromatic carbocycles. The average Bonchev–Trinajstić information content (AvgIpc) is 3.38. The first-order valence-corrected chi connectivity index (χ1v) is 10.0. The van der Waals surface area contributed by atoms with Gasteiger partial charge in [-0.2, -0.15) is 0 Å². The minimum absolute atomic E-state index is 0.0974. The summed E-state index contributed by atoms with van der Waals surface area (Å²) >= 11 is 1.71. The summed E-state index contributed by atoms with van der Waals surface area (Å²) in [4.78, 5) is 18.1. The molecule has 1 saturated heterocycles. The molecule has 2 aromatic rings. The van der Waals surface area contributed by atoms with E-state index in [9.17, 15) is 4.79 Å². The summed E-state index contributed by atoms with van der Waals surface area (Å²) in [5, 5.41) is 8.10. The van der Waals surface area contributed by atoms with E-state index in [0.29, 0.717) is 13.1 Å². The standard InChI is InChI=1S/C19H28N4O2S/c1-22(2)16(18-8-6-12-26-18)14-21-19(24)20-13-15(17-7-5-11-25-17)23-9-3-4-10-23/h5-8,11-12,15-16H,3-4,9-10,13-14H2,1-2H3,(H2,20,21,24). The number of hydrogen-bond donors (Lipinski definition) is 2. The van der Waals surface area contributed by atoms with Gasteiger partial charge < -0.3 is 20.0 Å². The molecule has 0 aliphatic carbocycles. The van der Waals surface area contributed by atoms with E-state index in [-0.39, 0.29) is 18.1 Å². The number of nitrogens with zero attached hydrogens (tertiary/aromatic N) is 2. The summed E-state index contributed by atoms with van der Waals surface area (Å²) < 4.78 is 5.60. The molecule has 7 heteroatoms. The third-order valence-corrected chi connectivity index (χ3v) is 5.83. The molecule has 2 unspecified atom stereocenters. The van der Waals surface area contributed by atoms with E-state index in [2.05, 4.69) is 31.9 Å². The lowest BCUT2D eigenvalue weighted by molar-refractivity contribution is 0.201. The fourth-order valence-electron chi connectivity index (χ4n) is 3.40. The Labute approximate surface area is 159 Å². The second kappa shape index (κ2) is 9.21. The molecular weight excluding hydrogens is 348 g/mol. The maximum Gasteiger partial charge on any atom is 0.314 e. The van der Waals surface area contributed by atoms with Gasteiger partial charge in [-0.05, 0) is 63.6 Å². The lowest BCUT2D eigenvalue weighted by Crippen LogP contribution is -2.43. The third kappa shape index (κ3) is 4.87. The summed E-state index contributed by atoms with van der Waals surface area (Å²) in [7, 11) is 4.06. The summed E-state index contributed by atoms with van der Waals surface area (Å²) in [6, 6.07) is 8.18. The first kappa shape index (κ1) is 18.9. The molecule has 3 heterocycles. The van der Waals surface area contributed by atoms with E-state index in [1.165, 1.54) is 17.7 Å². The smallest absolute Gasteiger partial charge is 0.314 e. The highest BCUT2D eigenvalue weighted by molar-refractivity contribution is 7.10. The number of likely N-dealkylation sites (tertiary alicyclic amines) is 1. The van der Waals surface area contributed by atoms with Crippen LogP contribution in [0.15, 0.2) is 40.3 Å². The number of carbonyl (C=O) groups excluding carboxylic acids is 1. The Hall–Kier alpha value is -1.83. The van der Waals surface area contributed by atoms with Gasteiger partial charge >= 0.3 is 6.03 Å². The second-order valence-corrected chi connectivity index (χ2v) is 7.84. The number of carbonyl (C=O) groups is 1. The van der Waals surface area contributed by atoms with Crippen LogP contribution in [0.2, 0.25) is 0 Å². The van der Waals surface area contributed by atoms with Crippen molar-refractivity contribution in [3.8, 4) is 0 Å². The zero-order valence-corrected chi connectivity index (χ0v) is 16.3. The normalized spacial score (nSPS) is 17.3. The first-order valence-electron chi connectivity index (χ1n) is 9.14. The molecule has 1 aliphatic rings. The van der Waals surface area contributed by atoms with Gasteiger partial charge in [0.2, 0.25) is 0 Å². The monoisotopic (exact) mass is 376 g/mol. The number of nitrogens with one attached hydrogen (secondary N) is 2. The number of urea groups is 1. The van der Waals surface area contributed by atoms with Crippen molar-refractivity contribution in [1.29, 1.82) is 0 Å². The van der Waals surface area contributed by atoms with E-state index >= 15 is 0 Å². The molecule has 142 valence electrons. The molecule has 3 rings (SSSR count). The van der Waals surface area contributed by atoms with Gasteiger partial charge in [0.1, 0.15) is 5.76 Å². The van der Waals surface area contributed by atoms with Gasteiger partial charge in [0, 0.05) is 18.0 Å². The first-order chi connectivity index (χ1) is 12.6. The van der Waals surface area contributed by atoms with Crippen molar-refractivity contribution in [3.05, 3.63) is 46.5 Å². The highest BCUT2D eigenvalue weighted by atomic mass is 32.1. The van der Waals surface area contributed by atoms with Crippen molar-refractivity contribution in [2.75, 3.05) is 40.3 Å². The molecule has 2 aromatic heterocycles. The van der Waals surface area contributed by atoms with Crippen molar-refractivity contribution in [2.24, 2.45) is 0 Å². The predicted octanol–water partition coefficient (Wildman–Crippen LogP) is 3.08. The summed E-state index contributed by atoms with van der Waals surface area (Å²) in [6.07, 6.45) is 4.10. The molecule has 0 spiro atoms. The van der Waals surface area contributed by atoms with Gasteiger partial charge in [0.25, 0.3) is 0 Å². The summed E-state index contributed by atoms with van der Waals surface area (Å²) in [5.41, 5.74) is 0. The lowest BCUT2D eigenvalue weighted by Gasteiger charge is -2.27. The number of rotatable bonds is 8. The van der Waals surface area contributed by atoms with Crippen molar-refractivity contribution in [1.82, 2.24) is 20.4 Å². The fourth-order valence-corrected chi connectivity index (χ4v) is 4.33. The largest absolute Gasteiger partial charge is 0.468 e. The molecule has 2 N–H and O–H groups in total. The predicted molar refractivity (Wildman–Crippen MR) is 104 cm³/mol. The van der Waals surface area contributed by atoms with E-state index in [1.54, 1.807) is 17.6 Å². The molecule has 2 atom stereocenters. The van der Waals surface area contributed by atoms with Crippen LogP contribution in [0.1, 0.15) is 35.6 Å². The van der Waals surface area contributed by atoms with E-state index < -0.39 is 0 Å². The van der Waals surface area contributed by atoms with Crippen LogP contribution in [0, 0.1) is 0 Å². The topological polar surface area (TPSA) is 60.8 Å². The summed E-state index contributed by atoms with van der Waals surface area (Å²) in [6.45, 7) is 3.23. The maximum absolute atomic E-state index is 12.3. The number of amides is 2. The van der Waals surface area contributed by atoms with E-state index in [1.807, 2.05) is 32.3 Å². The molecule has 1 fully saturated rings. The molecule has 1 aliphatic heterocycles. The van der Waals surface area contributed by atoms with Crippen molar-refractivity contribution >= 4 is 17.4 Å². The maximum atomic E-state index is 12.3. The van der Waals surface area contributed by atoms with Gasteiger partial charge in [-0.1, -0.05) is 6.07 Å². The van der Waals surface area contributed by atoms with Crippen LogP contribution in [0.25, 0.3) is 0 Å². The van der Waals surface area contributed by atoms with Gasteiger partial charge in [0.15, 0.2) is 0 Å². The Morgan fingerprint density at radius 3 is 2.62 bits per heavy atom. The lowest BCUT2D eigenvalue weighted by atomic mass is 10.2. The fraction of sp³-hybridized carbons (Fsp3) is 0.526. The second-order valence-electron chi connectivity index (χ2n) is 6.86. The molecule has 6 nitrogen and oxygen atoms in total. The molecule has 0 saturated carbocycles. The minimum atomic E-state index is -0.135. The highest BCUT2D eigenvalue weighted by Gasteiger charge is 2.26. The van der Waals surface area contributed by atoms with Crippen molar-refractivity contribution in [3.63, 3.8) is 0 Å². The summed E-state index contributed by atoms with van der Waals surface area (Å²) in [5.74, 6) is 0.914. The Bertz CT molecular complexity index is 651. The molecule has 0 bridgehead atoms. The van der Waals surface area contributed by atoms with Crippen molar-refractivity contribution < 1.29 is 9.21 Å². The number of likely N-dealkylation sites (N-methyl/N-ethyl adjacent to an activating group) is 1. The molecular formula is C19H28N4O2S. The molecule has 2 amide bonds. The molecule has 26 heavy (non-hydrogen) atoms. The van der Waals surface area contributed by atoms with Gasteiger partial charge in [-0.3, -0.25) is 4.90 Å². The minimum Gasteiger partial charge on any atom is -0.468 e. The third-order valence-electron chi connectivity index (χ3n) is 4.86. The highest BCUT2D eigenvalue weighted by Crippen LogP contribution is 2.25. The number of thiophene rings is 1. The quantitative estimate of drug-likeness (QED) is 0.743. The van der Waals surface area contributed by atoms with Crippen LogP contribution < -0.4 is 10.6 Å². The van der Waals surface area contributed by atoms with Crippen LogP contribution in [-0.4, -0.2) is 56.1 Å².